The highest BCUT2D eigenvalue weighted by molar-refractivity contribution is 7.89. The minimum Gasteiger partial charge on any atom is -0.452 e. The SMILES string of the molecule is CNS(=O)(=O)c1cccc(C(=O)OCC(=O)N[C@H]2CCCC[C@@H]2C)c1. The highest BCUT2D eigenvalue weighted by Gasteiger charge is 2.23. The third-order valence-electron chi connectivity index (χ3n) is 4.44. The highest BCUT2D eigenvalue weighted by Crippen LogP contribution is 2.23. The van der Waals surface area contributed by atoms with Crippen molar-refractivity contribution >= 4 is 21.9 Å². The summed E-state index contributed by atoms with van der Waals surface area (Å²) in [5.41, 5.74) is 0.0789. The largest absolute Gasteiger partial charge is 0.452 e. The molecule has 1 aromatic carbocycles. The molecule has 1 amide bonds. The fourth-order valence-electron chi connectivity index (χ4n) is 2.90. The number of ether oxygens (including phenoxy) is 1. The molecule has 2 rings (SSSR count). The monoisotopic (exact) mass is 368 g/mol. The molecule has 0 unspecified atom stereocenters. The second kappa shape index (κ2) is 8.44. The Bertz CT molecular complexity index is 732. The van der Waals surface area contributed by atoms with Crippen molar-refractivity contribution in [2.24, 2.45) is 5.92 Å². The van der Waals surface area contributed by atoms with Gasteiger partial charge in [0.05, 0.1) is 10.5 Å². The van der Waals surface area contributed by atoms with Gasteiger partial charge in [0.25, 0.3) is 5.91 Å². The van der Waals surface area contributed by atoms with Crippen LogP contribution < -0.4 is 10.0 Å². The maximum Gasteiger partial charge on any atom is 0.338 e. The van der Waals surface area contributed by atoms with Gasteiger partial charge in [-0.25, -0.2) is 17.9 Å². The lowest BCUT2D eigenvalue weighted by Gasteiger charge is -2.29. The zero-order valence-electron chi connectivity index (χ0n) is 14.4. The first kappa shape index (κ1) is 19.4. The third-order valence-corrected chi connectivity index (χ3v) is 5.85. The van der Waals surface area contributed by atoms with Crippen molar-refractivity contribution in [2.75, 3.05) is 13.7 Å². The van der Waals surface area contributed by atoms with E-state index in [9.17, 15) is 18.0 Å². The van der Waals surface area contributed by atoms with E-state index in [-0.39, 0.29) is 29.0 Å². The van der Waals surface area contributed by atoms with Crippen LogP contribution in [0.5, 0.6) is 0 Å². The molecular formula is C17H24N2O5S. The predicted octanol–water partition coefficient (Wildman–Crippen LogP) is 1.45. The number of benzene rings is 1. The van der Waals surface area contributed by atoms with Gasteiger partial charge in [0.2, 0.25) is 10.0 Å². The van der Waals surface area contributed by atoms with Gasteiger partial charge in [-0.15, -0.1) is 0 Å². The van der Waals surface area contributed by atoms with Gasteiger partial charge in [0.1, 0.15) is 0 Å². The lowest BCUT2D eigenvalue weighted by Crippen LogP contribution is -2.42. The van der Waals surface area contributed by atoms with Crippen LogP contribution in [0, 0.1) is 5.92 Å². The Labute approximate surface area is 148 Å². The van der Waals surface area contributed by atoms with Gasteiger partial charge in [-0.1, -0.05) is 25.8 Å². The second-order valence-electron chi connectivity index (χ2n) is 6.25. The van der Waals surface area contributed by atoms with Crippen LogP contribution in [-0.4, -0.2) is 40.0 Å². The van der Waals surface area contributed by atoms with Crippen molar-refractivity contribution in [2.45, 2.75) is 43.5 Å². The van der Waals surface area contributed by atoms with Crippen LogP contribution in [0.4, 0.5) is 0 Å². The number of carbonyl (C=O) groups is 2. The van der Waals surface area contributed by atoms with Gasteiger partial charge < -0.3 is 10.1 Å². The van der Waals surface area contributed by atoms with E-state index in [1.165, 1.54) is 37.7 Å². The predicted molar refractivity (Wildman–Crippen MR) is 92.5 cm³/mol. The van der Waals surface area contributed by atoms with Gasteiger partial charge in [-0.2, -0.15) is 0 Å². The standard InChI is InChI=1S/C17H24N2O5S/c1-12-6-3-4-9-15(12)19-16(20)11-24-17(21)13-7-5-8-14(10-13)25(22,23)18-2/h5,7-8,10,12,15,18H,3-4,6,9,11H2,1-2H3,(H,19,20)/t12-,15-/m0/s1. The first-order valence-electron chi connectivity index (χ1n) is 8.33. The van der Waals surface area contributed by atoms with Crippen LogP contribution in [-0.2, 0) is 19.6 Å². The fourth-order valence-corrected chi connectivity index (χ4v) is 3.68. The summed E-state index contributed by atoms with van der Waals surface area (Å²) in [5.74, 6) is -0.664. The number of rotatable bonds is 6. The second-order valence-corrected chi connectivity index (χ2v) is 8.13. The zero-order valence-corrected chi connectivity index (χ0v) is 15.3. The van der Waals surface area contributed by atoms with Crippen molar-refractivity contribution in [3.63, 3.8) is 0 Å². The van der Waals surface area contributed by atoms with E-state index in [1.54, 1.807) is 0 Å². The van der Waals surface area contributed by atoms with E-state index in [4.69, 9.17) is 4.74 Å². The Balaban J connectivity index is 1.92. The van der Waals surface area contributed by atoms with E-state index < -0.39 is 16.0 Å². The normalized spacial score (nSPS) is 20.7. The first-order chi connectivity index (χ1) is 11.8. The Morgan fingerprint density at radius 2 is 1.96 bits per heavy atom. The molecule has 25 heavy (non-hydrogen) atoms. The molecule has 7 nitrogen and oxygen atoms in total. The van der Waals surface area contributed by atoms with Crippen molar-refractivity contribution in [1.82, 2.24) is 10.0 Å². The average Bonchev–Trinajstić information content (AvgIpc) is 2.61. The van der Waals surface area contributed by atoms with Gasteiger partial charge in [-0.05, 0) is 44.0 Å². The molecule has 1 aromatic rings. The summed E-state index contributed by atoms with van der Waals surface area (Å²) in [4.78, 5) is 24.0. The molecule has 0 spiro atoms. The van der Waals surface area contributed by atoms with Crippen LogP contribution in [0.3, 0.4) is 0 Å². The average molecular weight is 368 g/mol. The molecule has 0 aromatic heterocycles. The molecule has 0 radical (unpaired) electrons. The quantitative estimate of drug-likeness (QED) is 0.740. The maximum absolute atomic E-state index is 12.1. The first-order valence-corrected chi connectivity index (χ1v) is 9.82. The Morgan fingerprint density at radius 3 is 2.64 bits per heavy atom. The Kier molecular flexibility index (Phi) is 6.55. The topological polar surface area (TPSA) is 102 Å². The van der Waals surface area contributed by atoms with Crippen molar-refractivity contribution in [3.05, 3.63) is 29.8 Å². The number of hydrogen-bond acceptors (Lipinski definition) is 5. The molecule has 0 aliphatic heterocycles. The molecule has 8 heteroatoms. The van der Waals surface area contributed by atoms with Gasteiger partial charge >= 0.3 is 5.97 Å². The van der Waals surface area contributed by atoms with E-state index in [1.807, 2.05) is 0 Å². The smallest absolute Gasteiger partial charge is 0.338 e. The van der Waals surface area contributed by atoms with Crippen molar-refractivity contribution in [3.8, 4) is 0 Å². The lowest BCUT2D eigenvalue weighted by atomic mass is 9.86. The number of nitrogens with one attached hydrogen (secondary N) is 2. The molecule has 2 N–H and O–H groups in total. The summed E-state index contributed by atoms with van der Waals surface area (Å²) in [6, 6.07) is 5.60. The van der Waals surface area contributed by atoms with Gasteiger partial charge in [0.15, 0.2) is 6.61 Å². The third kappa shape index (κ3) is 5.27. The molecule has 0 heterocycles. The number of amides is 1. The summed E-state index contributed by atoms with van der Waals surface area (Å²) in [6.45, 7) is 1.72. The minimum atomic E-state index is -3.65. The lowest BCUT2D eigenvalue weighted by molar-refractivity contribution is -0.125. The van der Waals surface area contributed by atoms with E-state index in [0.717, 1.165) is 19.3 Å². The van der Waals surface area contributed by atoms with Gasteiger partial charge in [0, 0.05) is 6.04 Å². The summed E-state index contributed by atoms with van der Waals surface area (Å²) in [7, 11) is -2.36. The summed E-state index contributed by atoms with van der Waals surface area (Å²) < 4.78 is 30.7. The molecule has 0 bridgehead atoms. The Hall–Kier alpha value is -1.93. The molecule has 1 aliphatic carbocycles. The number of esters is 1. The Morgan fingerprint density at radius 1 is 1.24 bits per heavy atom. The van der Waals surface area contributed by atoms with E-state index in [2.05, 4.69) is 17.0 Å². The minimum absolute atomic E-state index is 0.0371. The fraction of sp³-hybridized carbons (Fsp3) is 0.529. The van der Waals surface area contributed by atoms with Crippen LogP contribution in [0.2, 0.25) is 0 Å². The summed E-state index contributed by atoms with van der Waals surface area (Å²) >= 11 is 0. The number of sulfonamides is 1. The molecule has 138 valence electrons. The molecule has 2 atom stereocenters. The molecule has 1 saturated carbocycles. The van der Waals surface area contributed by atoms with Crippen molar-refractivity contribution < 1.29 is 22.7 Å². The molecule has 0 saturated heterocycles. The van der Waals surface area contributed by atoms with Crippen LogP contribution in [0.25, 0.3) is 0 Å². The molecular weight excluding hydrogens is 344 g/mol. The zero-order chi connectivity index (χ0) is 18.4. The maximum atomic E-state index is 12.1. The molecule has 1 fully saturated rings. The van der Waals surface area contributed by atoms with Gasteiger partial charge in [-0.3, -0.25) is 4.79 Å². The molecule has 1 aliphatic rings. The number of hydrogen-bond donors (Lipinski definition) is 2. The summed E-state index contributed by atoms with van der Waals surface area (Å²) in [6.07, 6.45) is 4.28. The van der Waals surface area contributed by atoms with E-state index in [0.29, 0.717) is 5.92 Å². The highest BCUT2D eigenvalue weighted by atomic mass is 32.2. The van der Waals surface area contributed by atoms with Crippen LogP contribution in [0.15, 0.2) is 29.2 Å². The van der Waals surface area contributed by atoms with Crippen LogP contribution >= 0.6 is 0 Å². The van der Waals surface area contributed by atoms with E-state index >= 15 is 0 Å². The summed E-state index contributed by atoms with van der Waals surface area (Å²) in [5, 5.41) is 2.90. The number of carbonyl (C=O) groups excluding carboxylic acids is 2. The van der Waals surface area contributed by atoms with Crippen LogP contribution in [0.1, 0.15) is 43.0 Å². The van der Waals surface area contributed by atoms with Crippen molar-refractivity contribution in [1.29, 1.82) is 0 Å².